The van der Waals surface area contributed by atoms with Gasteiger partial charge in [-0.2, -0.15) is 0 Å². The number of benzene rings is 1. The van der Waals surface area contributed by atoms with Gasteiger partial charge in [-0.05, 0) is 38.6 Å². The lowest BCUT2D eigenvalue weighted by Gasteiger charge is -2.10. The summed E-state index contributed by atoms with van der Waals surface area (Å²) in [6.45, 7) is 2.71. The normalized spacial score (nSPS) is 12.8. The second kappa shape index (κ2) is 5.66. The van der Waals surface area contributed by atoms with E-state index in [-0.39, 0.29) is 0 Å². The molecule has 0 aliphatic carbocycles. The molecule has 0 aliphatic heterocycles. The van der Waals surface area contributed by atoms with E-state index in [0.29, 0.717) is 0 Å². The Kier molecular flexibility index (Phi) is 4.50. The molecule has 0 radical (unpaired) electrons. The molecule has 1 aromatic rings. The van der Waals surface area contributed by atoms with Crippen LogP contribution in [-0.2, 0) is 11.2 Å². The topological polar surface area (TPSA) is 40.5 Å². The molecule has 0 saturated carbocycles. The Balaban J connectivity index is 2.64. The van der Waals surface area contributed by atoms with E-state index in [1.807, 2.05) is 38.4 Å². The molecule has 0 heterocycles. The van der Waals surface area contributed by atoms with E-state index < -0.39 is 11.9 Å². The molecule has 1 N–H and O–H groups in total. The molecule has 0 bridgehead atoms. The maximum atomic E-state index is 10.8. The molecular formula is C13H19NO2. The zero-order valence-electron chi connectivity index (χ0n) is 10.1. The van der Waals surface area contributed by atoms with E-state index in [1.165, 1.54) is 5.56 Å². The number of likely N-dealkylation sites (N-methyl/N-ethyl adjacent to an activating group) is 1. The Hall–Kier alpha value is -1.35. The van der Waals surface area contributed by atoms with E-state index in [2.05, 4.69) is 4.90 Å². The average molecular weight is 221 g/mol. The Labute approximate surface area is 96.7 Å². The first kappa shape index (κ1) is 12.7. The minimum atomic E-state index is -0.777. The fraction of sp³-hybridized carbons (Fsp3) is 0.462. The van der Waals surface area contributed by atoms with E-state index in [9.17, 15) is 4.79 Å². The van der Waals surface area contributed by atoms with Crippen molar-refractivity contribution in [1.82, 2.24) is 4.90 Å². The van der Waals surface area contributed by atoms with Gasteiger partial charge in [-0.1, -0.05) is 24.3 Å². The summed E-state index contributed by atoms with van der Waals surface area (Å²) in [6, 6.07) is 7.84. The minimum Gasteiger partial charge on any atom is -0.481 e. The van der Waals surface area contributed by atoms with Crippen LogP contribution >= 0.6 is 0 Å². The maximum Gasteiger partial charge on any atom is 0.310 e. The van der Waals surface area contributed by atoms with Crippen molar-refractivity contribution in [2.45, 2.75) is 19.3 Å². The summed E-state index contributed by atoms with van der Waals surface area (Å²) in [4.78, 5) is 12.9. The first-order valence-corrected chi connectivity index (χ1v) is 5.47. The van der Waals surface area contributed by atoms with E-state index >= 15 is 0 Å². The van der Waals surface area contributed by atoms with Gasteiger partial charge in [0.15, 0.2) is 0 Å². The van der Waals surface area contributed by atoms with Crippen LogP contribution in [0.3, 0.4) is 0 Å². The predicted molar refractivity (Wildman–Crippen MR) is 64.8 cm³/mol. The van der Waals surface area contributed by atoms with Crippen LogP contribution in [0.4, 0.5) is 0 Å². The molecule has 0 spiro atoms. The van der Waals surface area contributed by atoms with Crippen LogP contribution in [0.2, 0.25) is 0 Å². The van der Waals surface area contributed by atoms with Crippen molar-refractivity contribution < 1.29 is 9.90 Å². The molecule has 1 rings (SSSR count). The summed E-state index contributed by atoms with van der Waals surface area (Å²) in [5.41, 5.74) is 2.11. The molecule has 3 heteroatoms. The van der Waals surface area contributed by atoms with Crippen LogP contribution in [0.15, 0.2) is 24.3 Å². The first-order chi connectivity index (χ1) is 7.50. The summed E-state index contributed by atoms with van der Waals surface area (Å²) < 4.78 is 0. The number of hydrogen-bond acceptors (Lipinski definition) is 2. The lowest BCUT2D eigenvalue weighted by molar-refractivity contribution is -0.138. The van der Waals surface area contributed by atoms with Gasteiger partial charge in [0, 0.05) is 6.54 Å². The van der Waals surface area contributed by atoms with Crippen molar-refractivity contribution >= 4 is 5.97 Å². The quantitative estimate of drug-likeness (QED) is 0.826. The second-order valence-electron chi connectivity index (χ2n) is 4.35. The van der Waals surface area contributed by atoms with Gasteiger partial charge in [0.25, 0.3) is 0 Å². The van der Waals surface area contributed by atoms with Crippen molar-refractivity contribution in [1.29, 1.82) is 0 Å². The molecule has 0 amide bonds. The number of aliphatic carboxylic acids is 1. The van der Waals surface area contributed by atoms with Crippen molar-refractivity contribution in [3.05, 3.63) is 35.4 Å². The average Bonchev–Trinajstić information content (AvgIpc) is 2.26. The number of nitrogens with zero attached hydrogens (tertiary/aromatic N) is 1. The highest BCUT2D eigenvalue weighted by Gasteiger charge is 2.12. The summed E-state index contributed by atoms with van der Waals surface area (Å²) >= 11 is 0. The highest BCUT2D eigenvalue weighted by molar-refractivity contribution is 5.75. The highest BCUT2D eigenvalue weighted by atomic mass is 16.4. The van der Waals surface area contributed by atoms with Crippen LogP contribution in [0.25, 0.3) is 0 Å². The van der Waals surface area contributed by atoms with Gasteiger partial charge in [0.1, 0.15) is 0 Å². The fourth-order valence-electron chi connectivity index (χ4n) is 1.47. The zero-order chi connectivity index (χ0) is 12.1. The molecule has 1 atom stereocenters. The van der Waals surface area contributed by atoms with Crippen LogP contribution in [-0.4, -0.2) is 36.6 Å². The smallest absolute Gasteiger partial charge is 0.310 e. The molecule has 16 heavy (non-hydrogen) atoms. The van der Waals surface area contributed by atoms with Crippen molar-refractivity contribution in [3.8, 4) is 0 Å². The molecule has 88 valence electrons. The summed E-state index contributed by atoms with van der Waals surface area (Å²) in [5.74, 6) is -1.20. The largest absolute Gasteiger partial charge is 0.481 e. The molecule has 1 aromatic carbocycles. The van der Waals surface area contributed by atoms with Crippen LogP contribution in [0.5, 0.6) is 0 Å². The minimum absolute atomic E-state index is 0.428. The third-order valence-corrected chi connectivity index (χ3v) is 2.70. The highest BCUT2D eigenvalue weighted by Crippen LogP contribution is 2.16. The van der Waals surface area contributed by atoms with Gasteiger partial charge in [0.05, 0.1) is 5.92 Å². The van der Waals surface area contributed by atoms with Gasteiger partial charge < -0.3 is 10.0 Å². The maximum absolute atomic E-state index is 10.8. The molecular weight excluding hydrogens is 202 g/mol. The number of rotatable bonds is 5. The first-order valence-electron chi connectivity index (χ1n) is 5.47. The number of carboxylic acid groups (broad SMARTS) is 1. The molecule has 0 aliphatic rings. The van der Waals surface area contributed by atoms with Gasteiger partial charge in [0.2, 0.25) is 0 Å². The predicted octanol–water partition coefficient (Wildman–Crippen LogP) is 1.98. The monoisotopic (exact) mass is 221 g/mol. The van der Waals surface area contributed by atoms with Crippen LogP contribution in [0.1, 0.15) is 24.0 Å². The van der Waals surface area contributed by atoms with E-state index in [4.69, 9.17) is 5.11 Å². The van der Waals surface area contributed by atoms with Crippen LogP contribution < -0.4 is 0 Å². The van der Waals surface area contributed by atoms with Crippen molar-refractivity contribution in [2.24, 2.45) is 0 Å². The van der Waals surface area contributed by atoms with E-state index in [0.717, 1.165) is 18.5 Å². The van der Waals surface area contributed by atoms with Gasteiger partial charge >= 0.3 is 5.97 Å². The third-order valence-electron chi connectivity index (χ3n) is 2.70. The van der Waals surface area contributed by atoms with Gasteiger partial charge in [-0.25, -0.2) is 0 Å². The Morgan fingerprint density at radius 2 is 1.88 bits per heavy atom. The van der Waals surface area contributed by atoms with Gasteiger partial charge in [-0.15, -0.1) is 0 Å². The summed E-state index contributed by atoms with van der Waals surface area (Å²) in [5, 5.41) is 8.87. The second-order valence-corrected chi connectivity index (χ2v) is 4.35. The molecule has 3 nitrogen and oxygen atoms in total. The third kappa shape index (κ3) is 3.66. The lowest BCUT2D eigenvalue weighted by atomic mass is 9.99. The van der Waals surface area contributed by atoms with Crippen LogP contribution in [0, 0.1) is 0 Å². The summed E-state index contributed by atoms with van der Waals surface area (Å²) in [6.07, 6.45) is 0.995. The fourth-order valence-corrected chi connectivity index (χ4v) is 1.47. The number of carboxylic acids is 1. The lowest BCUT2D eigenvalue weighted by Crippen LogP contribution is -2.15. The number of carbonyl (C=O) groups is 1. The molecule has 0 saturated heterocycles. The summed E-state index contributed by atoms with van der Waals surface area (Å²) in [7, 11) is 4.09. The Bertz CT molecular complexity index is 343. The zero-order valence-corrected chi connectivity index (χ0v) is 10.1. The Morgan fingerprint density at radius 1 is 1.31 bits per heavy atom. The molecule has 0 fully saturated rings. The molecule has 1 unspecified atom stereocenters. The standard InChI is InChI=1S/C13H19NO2/c1-10(13(15)16)12-6-4-11(5-7-12)8-9-14(2)3/h4-7,10H,8-9H2,1-3H3,(H,15,16). The Morgan fingerprint density at radius 3 is 2.31 bits per heavy atom. The van der Waals surface area contributed by atoms with Gasteiger partial charge in [-0.3, -0.25) is 4.79 Å². The number of hydrogen-bond donors (Lipinski definition) is 1. The van der Waals surface area contributed by atoms with Crippen molar-refractivity contribution in [3.63, 3.8) is 0 Å². The van der Waals surface area contributed by atoms with Crippen molar-refractivity contribution in [2.75, 3.05) is 20.6 Å². The van der Waals surface area contributed by atoms with E-state index in [1.54, 1.807) is 6.92 Å². The SMILES string of the molecule is CC(C(=O)O)c1ccc(CCN(C)C)cc1. The molecule has 0 aromatic heterocycles.